The molecule has 3 rings (SSSR count). The molecule has 34 heavy (non-hydrogen) atoms. The number of nitro groups is 1. The first-order valence-electron chi connectivity index (χ1n) is 9.55. The Balaban J connectivity index is 1.92. The van der Waals surface area contributed by atoms with E-state index in [-0.39, 0.29) is 22.0 Å². The molecule has 0 heterocycles. The third-order valence-electron chi connectivity index (χ3n) is 4.50. The zero-order valence-electron chi connectivity index (χ0n) is 17.5. The number of hydrogen-bond donors (Lipinski definition) is 2. The zero-order valence-corrected chi connectivity index (χ0v) is 20.6. The van der Waals surface area contributed by atoms with Crippen LogP contribution in [0, 0.1) is 10.1 Å². The highest BCUT2D eigenvalue weighted by atomic mass is 79.9. The van der Waals surface area contributed by atoms with Crippen molar-refractivity contribution in [2.24, 2.45) is 0 Å². The highest BCUT2D eigenvalue weighted by molar-refractivity contribution is 9.10. The van der Waals surface area contributed by atoms with Crippen LogP contribution in [0.15, 0.2) is 70.8 Å². The van der Waals surface area contributed by atoms with E-state index in [9.17, 15) is 19.7 Å². The molecule has 0 fully saturated rings. The average Bonchev–Trinajstić information content (AvgIpc) is 2.81. The number of carbonyl (C=O) groups is 2. The van der Waals surface area contributed by atoms with Gasteiger partial charge < -0.3 is 15.4 Å². The summed E-state index contributed by atoms with van der Waals surface area (Å²) in [6.07, 6.45) is 1.40. The Bertz CT molecular complexity index is 1300. The fourth-order valence-electron chi connectivity index (χ4n) is 2.79. The number of halogens is 3. The van der Waals surface area contributed by atoms with Crippen molar-refractivity contribution in [2.75, 3.05) is 12.4 Å². The summed E-state index contributed by atoms with van der Waals surface area (Å²) in [7, 11) is 1.50. The molecule has 0 saturated heterocycles. The predicted octanol–water partition coefficient (Wildman–Crippen LogP) is 6.08. The molecule has 0 atom stereocenters. The number of hydrogen-bond acceptors (Lipinski definition) is 5. The maximum atomic E-state index is 13.0. The van der Waals surface area contributed by atoms with E-state index in [0.717, 1.165) is 0 Å². The van der Waals surface area contributed by atoms with Crippen LogP contribution in [-0.2, 0) is 4.79 Å². The number of non-ortho nitro benzene ring substituents is 1. The smallest absolute Gasteiger partial charge is 0.272 e. The minimum Gasteiger partial charge on any atom is -0.496 e. The normalized spacial score (nSPS) is 11.0. The SMILES string of the molecule is COc1ccc(C(=O)N/C(=C\c2ccc([N+](=O)[O-])cc2)C(=O)Nc2ccc(Cl)c(Cl)c2)cc1Br. The Kier molecular flexibility index (Phi) is 8.27. The summed E-state index contributed by atoms with van der Waals surface area (Å²) >= 11 is 15.3. The van der Waals surface area contributed by atoms with Gasteiger partial charge in [-0.1, -0.05) is 23.2 Å². The van der Waals surface area contributed by atoms with Crippen molar-refractivity contribution < 1.29 is 19.2 Å². The second-order valence-corrected chi connectivity index (χ2v) is 8.46. The number of nitrogens with one attached hydrogen (secondary N) is 2. The Morgan fingerprint density at radius 1 is 1.03 bits per heavy atom. The highest BCUT2D eigenvalue weighted by Gasteiger charge is 2.17. The summed E-state index contributed by atoms with van der Waals surface area (Å²) in [5.74, 6) is -0.658. The van der Waals surface area contributed by atoms with Crippen molar-refractivity contribution in [1.82, 2.24) is 5.32 Å². The number of benzene rings is 3. The van der Waals surface area contributed by atoms with Crippen molar-refractivity contribution in [2.45, 2.75) is 0 Å². The first-order valence-corrected chi connectivity index (χ1v) is 11.1. The fourth-order valence-corrected chi connectivity index (χ4v) is 3.63. The van der Waals surface area contributed by atoms with Gasteiger partial charge in [0.15, 0.2) is 0 Å². The zero-order chi connectivity index (χ0) is 24.8. The molecule has 0 unspecified atom stereocenters. The molecule has 0 aliphatic rings. The van der Waals surface area contributed by atoms with Crippen LogP contribution in [0.3, 0.4) is 0 Å². The summed E-state index contributed by atoms with van der Waals surface area (Å²) in [5, 5.41) is 16.7. The monoisotopic (exact) mass is 563 g/mol. The number of carbonyl (C=O) groups excluding carboxylic acids is 2. The number of nitrogens with zero attached hydrogens (tertiary/aromatic N) is 1. The lowest BCUT2D eigenvalue weighted by Crippen LogP contribution is -2.30. The van der Waals surface area contributed by atoms with E-state index >= 15 is 0 Å². The van der Waals surface area contributed by atoms with E-state index in [2.05, 4.69) is 26.6 Å². The van der Waals surface area contributed by atoms with E-state index < -0.39 is 16.7 Å². The molecule has 0 aliphatic heterocycles. The summed E-state index contributed by atoms with van der Waals surface area (Å²) in [5.41, 5.74) is 0.879. The summed E-state index contributed by atoms with van der Waals surface area (Å²) in [6, 6.07) is 14.7. The third-order valence-corrected chi connectivity index (χ3v) is 5.86. The second-order valence-electron chi connectivity index (χ2n) is 6.79. The minimum atomic E-state index is -0.641. The van der Waals surface area contributed by atoms with Crippen molar-refractivity contribution in [3.05, 3.63) is 102 Å². The quantitative estimate of drug-likeness (QED) is 0.205. The number of nitro benzene ring substituents is 1. The lowest BCUT2D eigenvalue weighted by Gasteiger charge is -2.12. The lowest BCUT2D eigenvalue weighted by atomic mass is 10.1. The summed E-state index contributed by atoms with van der Waals surface area (Å²) < 4.78 is 5.73. The summed E-state index contributed by atoms with van der Waals surface area (Å²) in [6.45, 7) is 0. The van der Waals surface area contributed by atoms with E-state index in [0.29, 0.717) is 26.5 Å². The second kappa shape index (κ2) is 11.1. The topological polar surface area (TPSA) is 111 Å². The molecule has 0 radical (unpaired) electrons. The summed E-state index contributed by atoms with van der Waals surface area (Å²) in [4.78, 5) is 36.3. The van der Waals surface area contributed by atoms with Crippen LogP contribution in [-0.4, -0.2) is 23.8 Å². The number of amides is 2. The molecule has 2 amide bonds. The van der Waals surface area contributed by atoms with Gasteiger partial charge in [0, 0.05) is 23.4 Å². The molecular weight excluding hydrogens is 549 g/mol. The molecule has 0 bridgehead atoms. The van der Waals surface area contributed by atoms with Gasteiger partial charge in [0.25, 0.3) is 17.5 Å². The first-order chi connectivity index (χ1) is 16.2. The van der Waals surface area contributed by atoms with Gasteiger partial charge in [-0.05, 0) is 76.1 Å². The molecule has 8 nitrogen and oxygen atoms in total. The van der Waals surface area contributed by atoms with Crippen LogP contribution in [0.2, 0.25) is 10.0 Å². The van der Waals surface area contributed by atoms with Crippen LogP contribution >= 0.6 is 39.1 Å². The molecular formula is C23H16BrCl2N3O5. The maximum Gasteiger partial charge on any atom is 0.272 e. The lowest BCUT2D eigenvalue weighted by molar-refractivity contribution is -0.384. The number of ether oxygens (including phenoxy) is 1. The van der Waals surface area contributed by atoms with Gasteiger partial charge in [0.2, 0.25) is 0 Å². The number of methoxy groups -OCH3 is 1. The van der Waals surface area contributed by atoms with Crippen molar-refractivity contribution in [3.63, 3.8) is 0 Å². The van der Waals surface area contributed by atoms with Gasteiger partial charge in [-0.3, -0.25) is 19.7 Å². The molecule has 3 aromatic rings. The van der Waals surface area contributed by atoms with Gasteiger partial charge >= 0.3 is 0 Å². The Hall–Kier alpha value is -3.40. The number of rotatable bonds is 7. The van der Waals surface area contributed by atoms with Gasteiger partial charge in [-0.25, -0.2) is 0 Å². The molecule has 0 saturated carbocycles. The average molecular weight is 565 g/mol. The molecule has 0 spiro atoms. The first kappa shape index (κ1) is 25.2. The van der Waals surface area contributed by atoms with Crippen LogP contribution in [0.25, 0.3) is 6.08 Å². The standard InChI is InChI=1S/C23H16BrCl2N3O5/c1-34-21-9-4-14(11-17(21)24)22(30)28-20(10-13-2-6-16(7-3-13)29(32)33)23(31)27-15-5-8-18(25)19(26)12-15/h2-12H,1H3,(H,27,31)(H,28,30)/b20-10-. The molecule has 174 valence electrons. The minimum absolute atomic E-state index is 0.100. The Labute approximate surface area is 212 Å². The highest BCUT2D eigenvalue weighted by Crippen LogP contribution is 2.27. The number of anilines is 1. The van der Waals surface area contributed by atoms with Crippen LogP contribution in [0.4, 0.5) is 11.4 Å². The third kappa shape index (κ3) is 6.34. The van der Waals surface area contributed by atoms with Gasteiger partial charge in [0.1, 0.15) is 11.4 Å². The molecule has 11 heteroatoms. The fraction of sp³-hybridized carbons (Fsp3) is 0.0435. The van der Waals surface area contributed by atoms with Crippen molar-refractivity contribution in [1.29, 1.82) is 0 Å². The van der Waals surface area contributed by atoms with Gasteiger partial charge in [0.05, 0.1) is 26.6 Å². The van der Waals surface area contributed by atoms with E-state index in [4.69, 9.17) is 27.9 Å². The Morgan fingerprint density at radius 2 is 1.74 bits per heavy atom. The molecule has 0 aromatic heterocycles. The van der Waals surface area contributed by atoms with Crippen LogP contribution < -0.4 is 15.4 Å². The van der Waals surface area contributed by atoms with E-state index in [1.807, 2.05) is 0 Å². The van der Waals surface area contributed by atoms with Crippen LogP contribution in [0.5, 0.6) is 5.75 Å². The van der Waals surface area contributed by atoms with E-state index in [1.165, 1.54) is 49.6 Å². The molecule has 3 aromatic carbocycles. The van der Waals surface area contributed by atoms with Crippen molar-refractivity contribution in [3.8, 4) is 5.75 Å². The van der Waals surface area contributed by atoms with Gasteiger partial charge in [-0.2, -0.15) is 0 Å². The molecule has 0 aliphatic carbocycles. The predicted molar refractivity (Wildman–Crippen MR) is 134 cm³/mol. The maximum absolute atomic E-state index is 13.0. The Morgan fingerprint density at radius 3 is 2.32 bits per heavy atom. The largest absolute Gasteiger partial charge is 0.496 e. The van der Waals surface area contributed by atoms with E-state index in [1.54, 1.807) is 24.3 Å². The van der Waals surface area contributed by atoms with Gasteiger partial charge in [-0.15, -0.1) is 0 Å². The van der Waals surface area contributed by atoms with Crippen molar-refractivity contribution >= 4 is 68.4 Å². The van der Waals surface area contributed by atoms with Crippen LogP contribution in [0.1, 0.15) is 15.9 Å². The molecule has 2 N–H and O–H groups in total.